The van der Waals surface area contributed by atoms with E-state index in [2.05, 4.69) is 5.32 Å². The van der Waals surface area contributed by atoms with Crippen LogP contribution in [0.15, 0.2) is 36.5 Å². The molecule has 1 aliphatic rings. The van der Waals surface area contributed by atoms with E-state index in [0.717, 1.165) is 12.6 Å². The first kappa shape index (κ1) is 20.6. The fourth-order valence-electron chi connectivity index (χ4n) is 3.22. The number of carboxylic acid groups (broad SMARTS) is 1. The second kappa shape index (κ2) is 8.05. The van der Waals surface area contributed by atoms with Crippen LogP contribution in [0.5, 0.6) is 0 Å². The quantitative estimate of drug-likeness (QED) is 0.584. The topological polar surface area (TPSA) is 152 Å². The maximum absolute atomic E-state index is 12.2. The monoisotopic (exact) mass is 420 g/mol. The Hall–Kier alpha value is -3.18. The minimum Gasteiger partial charge on any atom is -0.477 e. The van der Waals surface area contributed by atoms with Gasteiger partial charge in [-0.05, 0) is 30.2 Å². The van der Waals surface area contributed by atoms with Crippen molar-refractivity contribution in [3.05, 3.63) is 47.8 Å². The van der Waals surface area contributed by atoms with Crippen LogP contribution in [0.4, 0.5) is 0 Å². The fraction of sp³-hybridized carbons (Fsp3) is 0.278. The third kappa shape index (κ3) is 4.46. The summed E-state index contributed by atoms with van der Waals surface area (Å²) in [6, 6.07) is 7.38. The normalized spacial score (nSPS) is 14.2. The average Bonchev–Trinajstić information content (AvgIpc) is 3.28. The third-order valence-corrected chi connectivity index (χ3v) is 5.48. The highest BCUT2D eigenvalue weighted by atomic mass is 32.2. The number of amides is 2. The number of aromatic carboxylic acids is 1. The number of hydrogen-bond donors (Lipinski definition) is 3. The molecule has 10 nitrogen and oxygen atoms in total. The zero-order valence-corrected chi connectivity index (χ0v) is 16.2. The number of rotatable bonds is 7. The smallest absolute Gasteiger partial charge is 0.354 e. The van der Waals surface area contributed by atoms with Crippen molar-refractivity contribution in [1.29, 1.82) is 0 Å². The molecule has 0 saturated carbocycles. The minimum atomic E-state index is -4.26. The van der Waals surface area contributed by atoms with E-state index in [1.165, 1.54) is 30.3 Å². The van der Waals surface area contributed by atoms with Gasteiger partial charge in [-0.2, -0.15) is 8.42 Å². The number of likely N-dealkylation sites (tertiary alicyclic amines) is 1. The lowest BCUT2D eigenvalue weighted by Crippen LogP contribution is -2.35. The lowest BCUT2D eigenvalue weighted by Gasteiger charge is -2.15. The van der Waals surface area contributed by atoms with E-state index < -0.39 is 21.9 Å². The van der Waals surface area contributed by atoms with Gasteiger partial charge in [0.05, 0.1) is 0 Å². The summed E-state index contributed by atoms with van der Waals surface area (Å²) in [5.74, 6) is -1.69. The Kier molecular flexibility index (Phi) is 5.71. The van der Waals surface area contributed by atoms with Crippen molar-refractivity contribution in [2.24, 2.45) is 5.14 Å². The molecule has 1 aromatic carbocycles. The Balaban J connectivity index is 1.72. The van der Waals surface area contributed by atoms with Gasteiger partial charge >= 0.3 is 16.2 Å². The highest BCUT2D eigenvalue weighted by Gasteiger charge is 2.23. The molecule has 29 heavy (non-hydrogen) atoms. The van der Waals surface area contributed by atoms with Crippen molar-refractivity contribution in [1.82, 2.24) is 14.2 Å². The number of carbonyl (C=O) groups excluding carboxylic acids is 2. The van der Waals surface area contributed by atoms with E-state index in [9.17, 15) is 27.9 Å². The molecule has 0 bridgehead atoms. The molecule has 1 saturated heterocycles. The van der Waals surface area contributed by atoms with Crippen molar-refractivity contribution in [2.45, 2.75) is 12.8 Å². The van der Waals surface area contributed by atoms with Gasteiger partial charge < -0.3 is 15.3 Å². The summed E-state index contributed by atoms with van der Waals surface area (Å²) in [6.07, 6.45) is 2.44. The lowest BCUT2D eigenvalue weighted by atomic mass is 10.0. The fourth-order valence-corrected chi connectivity index (χ4v) is 3.88. The first-order chi connectivity index (χ1) is 13.7. The van der Waals surface area contributed by atoms with Gasteiger partial charge in [-0.25, -0.2) is 13.9 Å². The Labute approximate surface area is 167 Å². The Morgan fingerprint density at radius 1 is 1.17 bits per heavy atom. The van der Waals surface area contributed by atoms with Crippen LogP contribution in [0.2, 0.25) is 0 Å². The van der Waals surface area contributed by atoms with Crippen LogP contribution in [0.3, 0.4) is 0 Å². The van der Waals surface area contributed by atoms with Gasteiger partial charge in [-0.15, -0.1) is 0 Å². The molecule has 11 heteroatoms. The van der Waals surface area contributed by atoms with E-state index in [1.54, 1.807) is 4.90 Å². The number of carboxylic acids is 1. The molecule has 0 atom stereocenters. The van der Waals surface area contributed by atoms with Crippen LogP contribution in [0, 0.1) is 0 Å². The van der Waals surface area contributed by atoms with E-state index in [1.807, 2.05) is 0 Å². The maximum atomic E-state index is 12.2. The number of nitrogens with two attached hydrogens (primary N) is 1. The molecule has 1 aromatic heterocycles. The first-order valence-corrected chi connectivity index (χ1v) is 10.3. The summed E-state index contributed by atoms with van der Waals surface area (Å²) >= 11 is 0. The Morgan fingerprint density at radius 3 is 2.41 bits per heavy atom. The number of hydrogen-bond acceptors (Lipinski definition) is 5. The molecule has 1 aliphatic heterocycles. The van der Waals surface area contributed by atoms with Crippen LogP contribution in [-0.4, -0.2) is 59.8 Å². The lowest BCUT2D eigenvalue weighted by molar-refractivity contribution is -0.127. The SMILES string of the molecule is NS(=O)(=O)n1ccc(-c2ccc(C(=O)NCCN3CCCC3=O)cc2)c1C(=O)O. The van der Waals surface area contributed by atoms with E-state index >= 15 is 0 Å². The van der Waals surface area contributed by atoms with Gasteiger partial charge in [0.25, 0.3) is 5.91 Å². The Morgan fingerprint density at radius 2 is 1.86 bits per heavy atom. The number of nitrogens with one attached hydrogen (secondary N) is 1. The molecular weight excluding hydrogens is 400 g/mol. The van der Waals surface area contributed by atoms with Gasteiger partial charge in [0.2, 0.25) is 5.91 Å². The van der Waals surface area contributed by atoms with Crippen LogP contribution in [0.25, 0.3) is 11.1 Å². The third-order valence-electron chi connectivity index (χ3n) is 4.63. The molecule has 4 N–H and O–H groups in total. The second-order valence-corrected chi connectivity index (χ2v) is 7.96. The van der Waals surface area contributed by atoms with Crippen LogP contribution >= 0.6 is 0 Å². The van der Waals surface area contributed by atoms with E-state index in [0.29, 0.717) is 41.2 Å². The summed E-state index contributed by atoms with van der Waals surface area (Å²) in [7, 11) is -4.26. The average molecular weight is 420 g/mol. The highest BCUT2D eigenvalue weighted by Crippen LogP contribution is 2.26. The van der Waals surface area contributed by atoms with Crippen molar-refractivity contribution < 1.29 is 27.9 Å². The van der Waals surface area contributed by atoms with Crippen molar-refractivity contribution in [3.63, 3.8) is 0 Å². The Bertz CT molecular complexity index is 1060. The molecule has 0 aliphatic carbocycles. The minimum absolute atomic E-state index is 0.0873. The van der Waals surface area contributed by atoms with Crippen LogP contribution in [0.1, 0.15) is 33.7 Å². The van der Waals surface area contributed by atoms with Gasteiger partial charge in [0, 0.05) is 43.4 Å². The maximum Gasteiger partial charge on any atom is 0.354 e. The van der Waals surface area contributed by atoms with Gasteiger partial charge in [-0.1, -0.05) is 12.1 Å². The standard InChI is InChI=1S/C18H20N4O6S/c19-29(27,28)22-10-7-14(16(22)18(25)26)12-3-5-13(6-4-12)17(24)20-8-11-21-9-1-2-15(21)23/h3-7,10H,1-2,8-9,11H2,(H,20,24)(H,25,26)(H2,19,27,28). The predicted octanol–water partition coefficient (Wildman–Crippen LogP) is 0.257. The van der Waals surface area contributed by atoms with Crippen LogP contribution in [-0.2, 0) is 15.0 Å². The predicted molar refractivity (Wildman–Crippen MR) is 103 cm³/mol. The molecule has 0 radical (unpaired) electrons. The summed E-state index contributed by atoms with van der Waals surface area (Å²) in [6.45, 7) is 1.48. The molecule has 2 amide bonds. The molecule has 1 fully saturated rings. The molecular formula is C18H20N4O6S. The first-order valence-electron chi connectivity index (χ1n) is 8.83. The van der Waals surface area contributed by atoms with Crippen LogP contribution < -0.4 is 10.5 Å². The summed E-state index contributed by atoms with van der Waals surface area (Å²) < 4.78 is 23.6. The second-order valence-electron chi connectivity index (χ2n) is 6.54. The summed E-state index contributed by atoms with van der Waals surface area (Å²) in [5.41, 5.74) is 0.444. The number of nitrogens with zero attached hydrogens (tertiary/aromatic N) is 2. The van der Waals surface area contributed by atoms with E-state index in [4.69, 9.17) is 5.14 Å². The van der Waals surface area contributed by atoms with Gasteiger partial charge in [-0.3, -0.25) is 9.59 Å². The van der Waals surface area contributed by atoms with Gasteiger partial charge in [0.15, 0.2) is 5.69 Å². The van der Waals surface area contributed by atoms with Crippen molar-refractivity contribution >= 4 is 28.0 Å². The molecule has 0 unspecified atom stereocenters. The molecule has 154 valence electrons. The van der Waals surface area contributed by atoms with E-state index in [-0.39, 0.29) is 17.4 Å². The number of benzene rings is 1. The van der Waals surface area contributed by atoms with Gasteiger partial charge in [0.1, 0.15) is 0 Å². The molecule has 2 aromatic rings. The molecule has 0 spiro atoms. The summed E-state index contributed by atoms with van der Waals surface area (Å²) in [5, 5.41) is 17.2. The zero-order chi connectivity index (χ0) is 21.2. The number of aromatic nitrogens is 1. The van der Waals surface area contributed by atoms with Crippen molar-refractivity contribution in [3.8, 4) is 11.1 Å². The van der Waals surface area contributed by atoms with Crippen molar-refractivity contribution in [2.75, 3.05) is 19.6 Å². The zero-order valence-electron chi connectivity index (χ0n) is 15.4. The molecule has 2 heterocycles. The number of carbonyl (C=O) groups is 3. The largest absolute Gasteiger partial charge is 0.477 e. The summed E-state index contributed by atoms with van der Waals surface area (Å²) in [4.78, 5) is 37.0. The highest BCUT2D eigenvalue weighted by molar-refractivity contribution is 7.87. The molecule has 3 rings (SSSR count).